The zero-order chi connectivity index (χ0) is 15.3. The van der Waals surface area contributed by atoms with Gasteiger partial charge in [-0.2, -0.15) is 0 Å². The molecule has 0 unspecified atom stereocenters. The minimum atomic E-state index is 0.133. The number of pyridine rings is 1. The standard InChI is InChI=1S/C18H26N2O2/c1-2-11-21-15-18-8-5-12-22-17(18)7-10-20(14-18)13-16-6-3-4-9-19-16/h2-4,6,9,17H,1,5,7-8,10-15H2/t17-,18-/m1/s1. The van der Waals surface area contributed by atoms with Crippen LogP contribution in [0.25, 0.3) is 0 Å². The molecule has 1 aromatic rings. The summed E-state index contributed by atoms with van der Waals surface area (Å²) in [6.45, 7) is 9.04. The topological polar surface area (TPSA) is 34.6 Å². The third-order valence-corrected chi connectivity index (χ3v) is 4.80. The fraction of sp³-hybridized carbons (Fsp3) is 0.611. The molecule has 0 radical (unpaired) electrons. The summed E-state index contributed by atoms with van der Waals surface area (Å²) in [5, 5.41) is 0. The minimum absolute atomic E-state index is 0.133. The van der Waals surface area contributed by atoms with E-state index in [0.29, 0.717) is 12.7 Å². The summed E-state index contributed by atoms with van der Waals surface area (Å²) < 4.78 is 11.9. The summed E-state index contributed by atoms with van der Waals surface area (Å²) in [6.07, 6.45) is 7.44. The van der Waals surface area contributed by atoms with Crippen molar-refractivity contribution in [2.24, 2.45) is 5.41 Å². The van der Waals surface area contributed by atoms with Gasteiger partial charge in [0.1, 0.15) is 0 Å². The summed E-state index contributed by atoms with van der Waals surface area (Å²) in [4.78, 5) is 6.96. The van der Waals surface area contributed by atoms with Gasteiger partial charge in [-0.25, -0.2) is 0 Å². The Balaban J connectivity index is 1.67. The van der Waals surface area contributed by atoms with Gasteiger partial charge in [0.05, 0.1) is 25.0 Å². The van der Waals surface area contributed by atoms with Crippen LogP contribution in [0.4, 0.5) is 0 Å². The van der Waals surface area contributed by atoms with E-state index in [-0.39, 0.29) is 5.41 Å². The van der Waals surface area contributed by atoms with Gasteiger partial charge in [0, 0.05) is 37.9 Å². The molecule has 4 nitrogen and oxygen atoms in total. The number of likely N-dealkylation sites (tertiary alicyclic amines) is 1. The Morgan fingerprint density at radius 1 is 1.50 bits per heavy atom. The van der Waals surface area contributed by atoms with E-state index in [4.69, 9.17) is 9.47 Å². The van der Waals surface area contributed by atoms with E-state index < -0.39 is 0 Å². The highest BCUT2D eigenvalue weighted by molar-refractivity contribution is 5.05. The van der Waals surface area contributed by atoms with Crippen molar-refractivity contribution in [1.82, 2.24) is 9.88 Å². The molecule has 3 rings (SSSR count). The maximum Gasteiger partial charge on any atom is 0.0677 e. The van der Waals surface area contributed by atoms with Crippen molar-refractivity contribution in [2.75, 3.05) is 32.9 Å². The van der Waals surface area contributed by atoms with Crippen molar-refractivity contribution in [3.8, 4) is 0 Å². The highest BCUT2D eigenvalue weighted by Gasteiger charge is 2.46. The molecular weight excluding hydrogens is 276 g/mol. The molecule has 2 aliphatic rings. The van der Waals surface area contributed by atoms with Crippen LogP contribution in [0, 0.1) is 5.41 Å². The van der Waals surface area contributed by atoms with Crippen molar-refractivity contribution in [3.63, 3.8) is 0 Å². The van der Waals surface area contributed by atoms with E-state index in [2.05, 4.69) is 28.6 Å². The number of ether oxygens (including phenoxy) is 2. The van der Waals surface area contributed by atoms with Gasteiger partial charge in [-0.05, 0) is 31.4 Å². The van der Waals surface area contributed by atoms with Crippen LogP contribution in [0.1, 0.15) is 25.0 Å². The lowest BCUT2D eigenvalue weighted by Gasteiger charge is -2.50. The van der Waals surface area contributed by atoms with E-state index in [1.807, 2.05) is 18.3 Å². The highest BCUT2D eigenvalue weighted by Crippen LogP contribution is 2.40. The number of piperidine rings is 1. The molecule has 1 aromatic heterocycles. The molecule has 0 amide bonds. The fourth-order valence-corrected chi connectivity index (χ4v) is 3.79. The number of fused-ring (bicyclic) bond motifs is 1. The second-order valence-corrected chi connectivity index (χ2v) is 6.45. The molecule has 0 saturated carbocycles. The van der Waals surface area contributed by atoms with Gasteiger partial charge in [-0.1, -0.05) is 12.1 Å². The Morgan fingerprint density at radius 3 is 3.27 bits per heavy atom. The number of nitrogens with zero attached hydrogens (tertiary/aromatic N) is 2. The molecule has 2 fully saturated rings. The lowest BCUT2D eigenvalue weighted by Crippen LogP contribution is -2.56. The second-order valence-electron chi connectivity index (χ2n) is 6.45. The van der Waals surface area contributed by atoms with E-state index in [9.17, 15) is 0 Å². The monoisotopic (exact) mass is 302 g/mol. The molecule has 0 spiro atoms. The van der Waals surface area contributed by atoms with Crippen LogP contribution >= 0.6 is 0 Å². The number of rotatable bonds is 6. The van der Waals surface area contributed by atoms with Crippen LogP contribution in [0.2, 0.25) is 0 Å². The first-order chi connectivity index (χ1) is 10.8. The van der Waals surface area contributed by atoms with Gasteiger partial charge in [-0.3, -0.25) is 9.88 Å². The van der Waals surface area contributed by atoms with E-state index in [0.717, 1.165) is 51.4 Å². The fourth-order valence-electron chi connectivity index (χ4n) is 3.79. The first kappa shape index (κ1) is 15.7. The maximum absolute atomic E-state index is 6.07. The van der Waals surface area contributed by atoms with Gasteiger partial charge >= 0.3 is 0 Å². The molecule has 120 valence electrons. The number of hydrogen-bond donors (Lipinski definition) is 0. The summed E-state index contributed by atoms with van der Waals surface area (Å²) >= 11 is 0. The molecule has 2 aliphatic heterocycles. The smallest absolute Gasteiger partial charge is 0.0677 e. The largest absolute Gasteiger partial charge is 0.377 e. The Hall–Kier alpha value is -1.23. The van der Waals surface area contributed by atoms with Gasteiger partial charge in [-0.15, -0.1) is 6.58 Å². The van der Waals surface area contributed by atoms with Crippen LogP contribution < -0.4 is 0 Å². The molecule has 0 aliphatic carbocycles. The van der Waals surface area contributed by atoms with Crippen molar-refractivity contribution >= 4 is 0 Å². The SMILES string of the molecule is C=CCOC[C@]12CCCO[C@@H]1CCN(Cc1ccccn1)C2. The first-order valence-electron chi connectivity index (χ1n) is 8.25. The third-order valence-electron chi connectivity index (χ3n) is 4.80. The molecule has 0 bridgehead atoms. The molecule has 22 heavy (non-hydrogen) atoms. The Labute approximate surface area is 133 Å². The number of aromatic nitrogens is 1. The predicted molar refractivity (Wildman–Crippen MR) is 86.6 cm³/mol. The average Bonchev–Trinajstić information content (AvgIpc) is 2.56. The highest BCUT2D eigenvalue weighted by atomic mass is 16.5. The molecule has 0 aromatic carbocycles. The van der Waals surface area contributed by atoms with Gasteiger partial charge in [0.2, 0.25) is 0 Å². The van der Waals surface area contributed by atoms with Crippen molar-refractivity contribution in [1.29, 1.82) is 0 Å². The zero-order valence-electron chi connectivity index (χ0n) is 13.2. The van der Waals surface area contributed by atoms with Crippen LogP contribution in [0.15, 0.2) is 37.1 Å². The maximum atomic E-state index is 6.07. The van der Waals surface area contributed by atoms with Crippen molar-refractivity contribution in [2.45, 2.75) is 31.9 Å². The van der Waals surface area contributed by atoms with E-state index >= 15 is 0 Å². The van der Waals surface area contributed by atoms with Gasteiger partial charge in [0.25, 0.3) is 0 Å². The average molecular weight is 302 g/mol. The quantitative estimate of drug-likeness (QED) is 0.598. The van der Waals surface area contributed by atoms with Crippen LogP contribution in [0.3, 0.4) is 0 Å². The third kappa shape index (κ3) is 3.57. The molecule has 3 heterocycles. The Morgan fingerprint density at radius 2 is 2.45 bits per heavy atom. The summed E-state index contributed by atoms with van der Waals surface area (Å²) in [5.74, 6) is 0. The van der Waals surface area contributed by atoms with Crippen LogP contribution in [-0.2, 0) is 16.0 Å². The van der Waals surface area contributed by atoms with Gasteiger partial charge in [0.15, 0.2) is 0 Å². The summed E-state index contributed by atoms with van der Waals surface area (Å²) in [5.41, 5.74) is 1.27. The molecule has 4 heteroatoms. The Bertz CT molecular complexity index is 479. The molecular formula is C18H26N2O2. The van der Waals surface area contributed by atoms with E-state index in [1.54, 1.807) is 0 Å². The lowest BCUT2D eigenvalue weighted by atomic mass is 9.73. The first-order valence-corrected chi connectivity index (χ1v) is 8.25. The zero-order valence-corrected chi connectivity index (χ0v) is 13.2. The van der Waals surface area contributed by atoms with E-state index in [1.165, 1.54) is 6.42 Å². The predicted octanol–water partition coefficient (Wildman–Crippen LogP) is 2.66. The minimum Gasteiger partial charge on any atom is -0.377 e. The second kappa shape index (κ2) is 7.36. The molecule has 2 atom stereocenters. The van der Waals surface area contributed by atoms with Crippen LogP contribution in [-0.4, -0.2) is 48.9 Å². The Kier molecular flexibility index (Phi) is 5.24. The van der Waals surface area contributed by atoms with Gasteiger partial charge < -0.3 is 9.47 Å². The molecule has 2 saturated heterocycles. The normalized spacial score (nSPS) is 29.0. The number of hydrogen-bond acceptors (Lipinski definition) is 4. The van der Waals surface area contributed by atoms with Crippen LogP contribution in [0.5, 0.6) is 0 Å². The molecule has 0 N–H and O–H groups in total. The summed E-state index contributed by atoms with van der Waals surface area (Å²) in [6, 6.07) is 6.13. The van der Waals surface area contributed by atoms with Crippen molar-refractivity contribution in [3.05, 3.63) is 42.7 Å². The lowest BCUT2D eigenvalue weighted by molar-refractivity contribution is -0.152. The summed E-state index contributed by atoms with van der Waals surface area (Å²) in [7, 11) is 0. The van der Waals surface area contributed by atoms with Crippen molar-refractivity contribution < 1.29 is 9.47 Å².